The monoisotopic (exact) mass is 294 g/mol. The van der Waals surface area contributed by atoms with E-state index in [0.29, 0.717) is 11.5 Å². The van der Waals surface area contributed by atoms with E-state index in [0.717, 1.165) is 0 Å². The first-order valence-corrected chi connectivity index (χ1v) is 6.45. The van der Waals surface area contributed by atoms with Crippen LogP contribution in [0.2, 0.25) is 5.02 Å². The van der Waals surface area contributed by atoms with Crippen LogP contribution in [0.15, 0.2) is 34.9 Å². The summed E-state index contributed by atoms with van der Waals surface area (Å²) in [7, 11) is 0. The number of carbonyl (C=O) groups is 1. The van der Waals surface area contributed by atoms with Crippen LogP contribution < -0.4 is 10.1 Å². The van der Waals surface area contributed by atoms with E-state index in [1.54, 1.807) is 24.3 Å². The van der Waals surface area contributed by atoms with E-state index >= 15 is 0 Å². The molecule has 20 heavy (non-hydrogen) atoms. The zero-order valence-corrected chi connectivity index (χ0v) is 12.2. The van der Waals surface area contributed by atoms with Gasteiger partial charge in [0.1, 0.15) is 10.8 Å². The fraction of sp³-hybridized carbons (Fsp3) is 0.286. The minimum absolute atomic E-state index is 0.150. The number of anilines is 1. The van der Waals surface area contributed by atoms with Crippen molar-refractivity contribution >= 4 is 23.5 Å². The van der Waals surface area contributed by atoms with Gasteiger partial charge in [-0.1, -0.05) is 55.7 Å². The lowest BCUT2D eigenvalue weighted by Crippen LogP contribution is -2.17. The number of hydrogen-bond donors (Lipinski definition) is 1. The number of benzene rings is 1. The Labute approximate surface area is 121 Å². The molecular formula is C14H15ClN2O3. The fourth-order valence-corrected chi connectivity index (χ4v) is 1.94. The third kappa shape index (κ3) is 3.30. The van der Waals surface area contributed by atoms with E-state index < -0.39 is 6.09 Å². The molecule has 0 aliphatic heterocycles. The molecule has 1 heterocycles. The lowest BCUT2D eigenvalue weighted by Gasteiger charge is -2.13. The van der Waals surface area contributed by atoms with Gasteiger partial charge < -0.3 is 9.26 Å². The summed E-state index contributed by atoms with van der Waals surface area (Å²) in [4.78, 5) is 11.7. The highest BCUT2D eigenvalue weighted by atomic mass is 35.5. The van der Waals surface area contributed by atoms with Crippen LogP contribution in [0.3, 0.4) is 0 Å². The normalized spacial score (nSPS) is 11.2. The zero-order chi connectivity index (χ0) is 14.8. The van der Waals surface area contributed by atoms with Gasteiger partial charge in [0.05, 0.1) is 0 Å². The smallest absolute Gasteiger partial charge is 0.410 e. The molecule has 0 aliphatic carbocycles. The maximum atomic E-state index is 11.7. The maximum absolute atomic E-state index is 11.7. The SMILES string of the molecule is CC(C)(C)c1onc(NC(=O)Oc2ccccc2)c1Cl. The number of nitrogens with zero attached hydrogens (tertiary/aromatic N) is 1. The highest BCUT2D eigenvalue weighted by Gasteiger charge is 2.26. The van der Waals surface area contributed by atoms with Crippen molar-refractivity contribution in [3.05, 3.63) is 41.1 Å². The molecule has 0 atom stereocenters. The van der Waals surface area contributed by atoms with Gasteiger partial charge in [0.25, 0.3) is 0 Å². The predicted octanol–water partition coefficient (Wildman–Crippen LogP) is 4.24. The van der Waals surface area contributed by atoms with E-state index in [2.05, 4.69) is 10.5 Å². The van der Waals surface area contributed by atoms with Gasteiger partial charge in [-0.25, -0.2) is 4.79 Å². The van der Waals surface area contributed by atoms with Gasteiger partial charge in [-0.15, -0.1) is 0 Å². The molecule has 106 valence electrons. The predicted molar refractivity (Wildman–Crippen MR) is 76.3 cm³/mol. The van der Waals surface area contributed by atoms with Crippen molar-refractivity contribution in [2.24, 2.45) is 0 Å². The average Bonchev–Trinajstić information content (AvgIpc) is 2.72. The fourth-order valence-electron chi connectivity index (χ4n) is 1.54. The minimum atomic E-state index is -0.674. The summed E-state index contributed by atoms with van der Waals surface area (Å²) in [6.07, 6.45) is -0.674. The lowest BCUT2D eigenvalue weighted by atomic mass is 9.93. The van der Waals surface area contributed by atoms with Crippen LogP contribution in [-0.4, -0.2) is 11.2 Å². The summed E-state index contributed by atoms with van der Waals surface area (Å²) in [5.41, 5.74) is -0.298. The summed E-state index contributed by atoms with van der Waals surface area (Å²) in [5, 5.41) is 6.48. The first-order valence-electron chi connectivity index (χ1n) is 6.07. The molecule has 1 amide bonds. The molecule has 1 N–H and O–H groups in total. The van der Waals surface area contributed by atoms with Crippen molar-refractivity contribution in [1.82, 2.24) is 5.16 Å². The van der Waals surface area contributed by atoms with E-state index in [4.69, 9.17) is 20.9 Å². The molecule has 0 radical (unpaired) electrons. The van der Waals surface area contributed by atoms with Gasteiger partial charge in [0, 0.05) is 5.41 Å². The zero-order valence-electron chi connectivity index (χ0n) is 11.4. The van der Waals surface area contributed by atoms with Crippen LogP contribution in [0.25, 0.3) is 0 Å². The average molecular weight is 295 g/mol. The topological polar surface area (TPSA) is 64.4 Å². The number of nitrogens with one attached hydrogen (secondary N) is 1. The van der Waals surface area contributed by atoms with Crippen molar-refractivity contribution in [1.29, 1.82) is 0 Å². The molecule has 0 unspecified atom stereocenters. The summed E-state index contributed by atoms with van der Waals surface area (Å²) >= 11 is 6.13. The Morgan fingerprint density at radius 1 is 1.30 bits per heavy atom. The summed E-state index contributed by atoms with van der Waals surface area (Å²) in [5.74, 6) is 1.09. The second kappa shape index (κ2) is 5.54. The Morgan fingerprint density at radius 3 is 2.50 bits per heavy atom. The lowest BCUT2D eigenvalue weighted by molar-refractivity contribution is 0.215. The van der Waals surface area contributed by atoms with Crippen molar-refractivity contribution < 1.29 is 14.1 Å². The van der Waals surface area contributed by atoms with Gasteiger partial charge in [-0.2, -0.15) is 0 Å². The van der Waals surface area contributed by atoms with Crippen LogP contribution in [0.5, 0.6) is 5.75 Å². The molecule has 0 bridgehead atoms. The third-order valence-corrected chi connectivity index (χ3v) is 2.84. The molecule has 1 aromatic heterocycles. The molecular weight excluding hydrogens is 280 g/mol. The number of rotatable bonds is 2. The Kier molecular flexibility index (Phi) is 3.99. The first kappa shape index (κ1) is 14.4. The molecule has 0 aliphatic rings. The number of hydrogen-bond acceptors (Lipinski definition) is 4. The van der Waals surface area contributed by atoms with Crippen molar-refractivity contribution in [3.8, 4) is 5.75 Å². The molecule has 0 saturated heterocycles. The van der Waals surface area contributed by atoms with Crippen LogP contribution in [0, 0.1) is 0 Å². The molecule has 0 saturated carbocycles. The van der Waals surface area contributed by atoms with Gasteiger partial charge >= 0.3 is 6.09 Å². The Morgan fingerprint density at radius 2 is 1.95 bits per heavy atom. The standard InChI is InChI=1S/C14H15ClN2O3/c1-14(2,3)11-10(15)12(17-20-11)16-13(18)19-9-7-5-4-6-8-9/h4-8H,1-3H3,(H,16,17,18). The second-order valence-electron chi connectivity index (χ2n) is 5.25. The minimum Gasteiger partial charge on any atom is -0.410 e. The number of para-hydroxylation sites is 1. The summed E-state index contributed by atoms with van der Waals surface area (Å²) < 4.78 is 10.2. The molecule has 0 fully saturated rings. The van der Waals surface area contributed by atoms with Crippen LogP contribution >= 0.6 is 11.6 Å². The molecule has 1 aromatic carbocycles. The van der Waals surface area contributed by atoms with Crippen LogP contribution in [0.4, 0.5) is 10.6 Å². The third-order valence-electron chi connectivity index (χ3n) is 2.49. The number of aromatic nitrogens is 1. The van der Waals surface area contributed by atoms with E-state index in [9.17, 15) is 4.79 Å². The van der Waals surface area contributed by atoms with E-state index in [1.807, 2.05) is 26.8 Å². The molecule has 5 nitrogen and oxygen atoms in total. The second-order valence-corrected chi connectivity index (χ2v) is 5.63. The maximum Gasteiger partial charge on any atom is 0.418 e. The first-order chi connectivity index (χ1) is 9.38. The van der Waals surface area contributed by atoms with Crippen molar-refractivity contribution in [2.45, 2.75) is 26.2 Å². The Bertz CT molecular complexity index is 603. The number of ether oxygens (including phenoxy) is 1. The van der Waals surface area contributed by atoms with Gasteiger partial charge in [-0.3, -0.25) is 5.32 Å². The van der Waals surface area contributed by atoms with Gasteiger partial charge in [0.2, 0.25) is 0 Å². The highest BCUT2D eigenvalue weighted by molar-refractivity contribution is 6.34. The van der Waals surface area contributed by atoms with Crippen LogP contribution in [-0.2, 0) is 5.41 Å². The van der Waals surface area contributed by atoms with Crippen molar-refractivity contribution in [2.75, 3.05) is 5.32 Å². The quantitative estimate of drug-likeness (QED) is 0.900. The largest absolute Gasteiger partial charge is 0.418 e. The Hall–Kier alpha value is -2.01. The van der Waals surface area contributed by atoms with Gasteiger partial charge in [-0.05, 0) is 12.1 Å². The summed E-state index contributed by atoms with van der Waals surface area (Å²) in [6, 6.07) is 8.71. The van der Waals surface area contributed by atoms with E-state index in [-0.39, 0.29) is 16.3 Å². The molecule has 2 rings (SSSR count). The number of halogens is 1. The highest BCUT2D eigenvalue weighted by Crippen LogP contribution is 2.34. The Balaban J connectivity index is 2.07. The number of amides is 1. The van der Waals surface area contributed by atoms with Crippen LogP contribution in [0.1, 0.15) is 26.5 Å². The molecule has 0 spiro atoms. The number of carbonyl (C=O) groups excluding carboxylic acids is 1. The summed E-state index contributed by atoms with van der Waals surface area (Å²) in [6.45, 7) is 5.81. The van der Waals surface area contributed by atoms with Gasteiger partial charge in [0.15, 0.2) is 11.6 Å². The van der Waals surface area contributed by atoms with E-state index in [1.165, 1.54) is 0 Å². The molecule has 2 aromatic rings. The van der Waals surface area contributed by atoms with Crippen molar-refractivity contribution in [3.63, 3.8) is 0 Å². The molecule has 6 heteroatoms.